The molecule has 1 atom stereocenters. The lowest BCUT2D eigenvalue weighted by Crippen LogP contribution is -2.47. The molecule has 0 radical (unpaired) electrons. The molecule has 1 N–H and O–H groups in total. The van der Waals surface area contributed by atoms with E-state index in [4.69, 9.17) is 9.57 Å². The molecule has 1 rings (SSSR count). The second-order valence-corrected chi connectivity index (χ2v) is 6.96. The van der Waals surface area contributed by atoms with Crippen molar-refractivity contribution < 1.29 is 28.8 Å². The zero-order chi connectivity index (χ0) is 17.6. The molecule has 1 aliphatic rings. The number of hydroxylamine groups is 2. The van der Waals surface area contributed by atoms with Gasteiger partial charge in [-0.1, -0.05) is 0 Å². The predicted molar refractivity (Wildman–Crippen MR) is 83.3 cm³/mol. The number of carbonyl (C=O) groups is 4. The van der Waals surface area contributed by atoms with Gasteiger partial charge in [-0.2, -0.15) is 11.8 Å². The van der Waals surface area contributed by atoms with Crippen LogP contribution in [0.15, 0.2) is 0 Å². The number of ether oxygens (including phenoxy) is 1. The molecule has 9 heteroatoms. The molecule has 1 fully saturated rings. The Morgan fingerprint density at radius 1 is 1.26 bits per heavy atom. The molecule has 1 heterocycles. The minimum absolute atomic E-state index is 0.0150. The number of hydrogen-bond donors (Lipinski definition) is 1. The smallest absolute Gasteiger partial charge is 0.408 e. The molecule has 0 aromatic carbocycles. The number of rotatable bonds is 6. The van der Waals surface area contributed by atoms with Crippen molar-refractivity contribution in [2.24, 2.45) is 0 Å². The van der Waals surface area contributed by atoms with Crippen molar-refractivity contribution in [2.75, 3.05) is 12.0 Å². The fourth-order valence-corrected chi connectivity index (χ4v) is 2.22. The van der Waals surface area contributed by atoms with Crippen LogP contribution in [0.1, 0.15) is 40.0 Å². The Hall–Kier alpha value is -1.77. The SMILES string of the molecule is CSCCC(NC(=O)OC(C)(C)C)C(=O)ON1C(=O)CCC1=O. The Kier molecular flexibility index (Phi) is 6.86. The van der Waals surface area contributed by atoms with Crippen molar-refractivity contribution in [2.45, 2.75) is 51.7 Å². The van der Waals surface area contributed by atoms with Crippen LogP contribution in [0.25, 0.3) is 0 Å². The van der Waals surface area contributed by atoms with Gasteiger partial charge in [-0.3, -0.25) is 9.59 Å². The molecule has 0 bridgehead atoms. The van der Waals surface area contributed by atoms with Crippen LogP contribution < -0.4 is 5.32 Å². The number of nitrogens with zero attached hydrogens (tertiary/aromatic N) is 1. The summed E-state index contributed by atoms with van der Waals surface area (Å²) in [4.78, 5) is 51.8. The van der Waals surface area contributed by atoms with Gasteiger partial charge in [0.2, 0.25) is 0 Å². The molecule has 1 saturated heterocycles. The highest BCUT2D eigenvalue weighted by atomic mass is 32.2. The standard InChI is InChI=1S/C14H22N2O6S/c1-14(2,3)21-13(20)15-9(7-8-23-4)12(19)22-16-10(17)5-6-11(16)18/h9H,5-8H2,1-4H3,(H,15,20). The lowest BCUT2D eigenvalue weighted by atomic mass is 10.2. The number of imide groups is 1. The zero-order valence-electron chi connectivity index (χ0n) is 13.7. The summed E-state index contributed by atoms with van der Waals surface area (Å²) < 4.78 is 5.10. The van der Waals surface area contributed by atoms with E-state index in [0.29, 0.717) is 10.8 Å². The average molecular weight is 346 g/mol. The molecular weight excluding hydrogens is 324 g/mol. The van der Waals surface area contributed by atoms with Crippen molar-refractivity contribution in [3.05, 3.63) is 0 Å². The second-order valence-electron chi connectivity index (χ2n) is 5.97. The monoisotopic (exact) mass is 346 g/mol. The fourth-order valence-electron chi connectivity index (χ4n) is 1.75. The van der Waals surface area contributed by atoms with Gasteiger partial charge in [0.05, 0.1) is 0 Å². The maximum Gasteiger partial charge on any atom is 0.408 e. The molecule has 8 nitrogen and oxygen atoms in total. The quantitative estimate of drug-likeness (QED) is 0.722. The van der Waals surface area contributed by atoms with Gasteiger partial charge in [0.25, 0.3) is 11.8 Å². The Bertz CT molecular complexity index is 472. The first kappa shape index (κ1) is 19.3. The first-order chi connectivity index (χ1) is 10.6. The van der Waals surface area contributed by atoms with E-state index in [0.717, 1.165) is 0 Å². The van der Waals surface area contributed by atoms with E-state index in [1.807, 2.05) is 6.26 Å². The van der Waals surface area contributed by atoms with Gasteiger partial charge >= 0.3 is 12.1 Å². The van der Waals surface area contributed by atoms with Gasteiger partial charge in [0.1, 0.15) is 11.6 Å². The van der Waals surface area contributed by atoms with Crippen molar-refractivity contribution in [1.82, 2.24) is 10.4 Å². The maximum absolute atomic E-state index is 12.1. The normalized spacial score (nSPS) is 16.3. The Balaban J connectivity index is 2.68. The van der Waals surface area contributed by atoms with Crippen LogP contribution in [-0.4, -0.2) is 52.6 Å². The van der Waals surface area contributed by atoms with Crippen LogP contribution in [0.3, 0.4) is 0 Å². The molecule has 0 saturated carbocycles. The van der Waals surface area contributed by atoms with Crippen LogP contribution >= 0.6 is 11.8 Å². The summed E-state index contributed by atoms with van der Waals surface area (Å²) in [5.74, 6) is -1.42. The third-order valence-corrected chi connectivity index (χ3v) is 3.42. The van der Waals surface area contributed by atoms with Crippen LogP contribution in [0.5, 0.6) is 0 Å². The Morgan fingerprint density at radius 3 is 2.30 bits per heavy atom. The lowest BCUT2D eigenvalue weighted by Gasteiger charge is -2.23. The van der Waals surface area contributed by atoms with Crippen molar-refractivity contribution in [3.8, 4) is 0 Å². The van der Waals surface area contributed by atoms with E-state index in [9.17, 15) is 19.2 Å². The number of thioether (sulfide) groups is 1. The molecule has 130 valence electrons. The summed E-state index contributed by atoms with van der Waals surface area (Å²) >= 11 is 1.48. The summed E-state index contributed by atoms with van der Waals surface area (Å²) in [5, 5.41) is 2.88. The lowest BCUT2D eigenvalue weighted by molar-refractivity contribution is -0.198. The molecule has 0 aliphatic carbocycles. The summed E-state index contributed by atoms with van der Waals surface area (Å²) in [6.45, 7) is 5.09. The minimum atomic E-state index is -1.00. The Labute approximate surface area is 139 Å². The molecule has 3 amide bonds. The number of nitrogens with one attached hydrogen (secondary N) is 1. The molecule has 1 unspecified atom stereocenters. The van der Waals surface area contributed by atoms with E-state index >= 15 is 0 Å². The molecule has 0 spiro atoms. The highest BCUT2D eigenvalue weighted by molar-refractivity contribution is 7.98. The number of alkyl carbamates (subject to hydrolysis) is 1. The van der Waals surface area contributed by atoms with Crippen LogP contribution in [0, 0.1) is 0 Å². The maximum atomic E-state index is 12.1. The number of hydrogen-bond acceptors (Lipinski definition) is 7. The highest BCUT2D eigenvalue weighted by Gasteiger charge is 2.35. The molecule has 0 aromatic heterocycles. The van der Waals surface area contributed by atoms with E-state index in [2.05, 4.69) is 5.32 Å². The molecular formula is C14H22N2O6S. The second kappa shape index (κ2) is 8.19. The average Bonchev–Trinajstić information content (AvgIpc) is 2.73. The molecule has 0 aromatic rings. The van der Waals surface area contributed by atoms with Gasteiger partial charge in [0.15, 0.2) is 0 Å². The first-order valence-corrected chi connectivity index (χ1v) is 8.59. The van der Waals surface area contributed by atoms with Gasteiger partial charge in [-0.05, 0) is 39.2 Å². The van der Waals surface area contributed by atoms with Gasteiger partial charge in [-0.25, -0.2) is 9.59 Å². The predicted octanol–water partition coefficient (Wildman–Crippen LogP) is 1.24. The van der Waals surface area contributed by atoms with Gasteiger partial charge < -0.3 is 14.9 Å². The van der Waals surface area contributed by atoms with E-state index in [-0.39, 0.29) is 19.3 Å². The topological polar surface area (TPSA) is 102 Å². The third-order valence-electron chi connectivity index (χ3n) is 2.77. The van der Waals surface area contributed by atoms with E-state index < -0.39 is 35.5 Å². The molecule has 23 heavy (non-hydrogen) atoms. The number of amides is 3. The van der Waals surface area contributed by atoms with E-state index in [1.54, 1.807) is 20.8 Å². The summed E-state index contributed by atoms with van der Waals surface area (Å²) in [6, 6.07) is -1.00. The number of carbonyl (C=O) groups excluding carboxylic acids is 4. The van der Waals surface area contributed by atoms with E-state index in [1.165, 1.54) is 11.8 Å². The van der Waals surface area contributed by atoms with Crippen LogP contribution in [0.4, 0.5) is 4.79 Å². The highest BCUT2D eigenvalue weighted by Crippen LogP contribution is 2.14. The van der Waals surface area contributed by atoms with Crippen molar-refractivity contribution >= 4 is 35.6 Å². The summed E-state index contributed by atoms with van der Waals surface area (Å²) in [5.41, 5.74) is -0.709. The first-order valence-electron chi connectivity index (χ1n) is 7.20. The zero-order valence-corrected chi connectivity index (χ0v) is 14.5. The van der Waals surface area contributed by atoms with Gasteiger partial charge in [0, 0.05) is 12.8 Å². The van der Waals surface area contributed by atoms with Gasteiger partial charge in [-0.15, -0.1) is 5.06 Å². The van der Waals surface area contributed by atoms with Crippen molar-refractivity contribution in [1.29, 1.82) is 0 Å². The van der Waals surface area contributed by atoms with Crippen LogP contribution in [0.2, 0.25) is 0 Å². The van der Waals surface area contributed by atoms with Crippen LogP contribution in [-0.2, 0) is 24.0 Å². The fraction of sp³-hybridized carbons (Fsp3) is 0.714. The minimum Gasteiger partial charge on any atom is -0.444 e. The summed E-state index contributed by atoms with van der Waals surface area (Å²) in [6.07, 6.45) is 1.40. The molecule has 1 aliphatic heterocycles. The third kappa shape index (κ3) is 6.47. The van der Waals surface area contributed by atoms with Crippen molar-refractivity contribution in [3.63, 3.8) is 0 Å². The largest absolute Gasteiger partial charge is 0.444 e. The summed E-state index contributed by atoms with van der Waals surface area (Å²) in [7, 11) is 0. The Morgan fingerprint density at radius 2 is 1.83 bits per heavy atom.